The van der Waals surface area contributed by atoms with Gasteiger partial charge < -0.3 is 24.6 Å². The molecule has 5 heteroatoms. The quantitative estimate of drug-likeness (QED) is 0.875. The summed E-state index contributed by atoms with van der Waals surface area (Å²) in [7, 11) is 3.33. The molecular formula is C18H23NO4. The lowest BCUT2D eigenvalue weighted by molar-refractivity contribution is 0.0675. The van der Waals surface area contributed by atoms with E-state index in [1.54, 1.807) is 14.2 Å². The molecule has 3 aliphatic rings. The summed E-state index contributed by atoms with van der Waals surface area (Å²) in [6.45, 7) is 0.925. The summed E-state index contributed by atoms with van der Waals surface area (Å²) in [4.78, 5) is 0. The molecule has 0 unspecified atom stereocenters. The van der Waals surface area contributed by atoms with Crippen LogP contribution in [0.4, 0.5) is 0 Å². The molecule has 1 aromatic carbocycles. The third kappa shape index (κ3) is 2.30. The first-order valence-electron chi connectivity index (χ1n) is 8.29. The van der Waals surface area contributed by atoms with Gasteiger partial charge in [0.05, 0.1) is 31.9 Å². The van der Waals surface area contributed by atoms with E-state index >= 15 is 0 Å². The standard InChI is InChI=1S/C18H23NO4/c1-21-14-9-10-7-8-19-17-13-6-4-11(20)3-5-12(23-13)16(15(10)17)18(14)22-2/h5,9,11,13,17,19-20H,3-4,6-8H2,1-2H3/b12-5-/t11-,13+,17-/m0/s1. The van der Waals surface area contributed by atoms with Crippen molar-refractivity contribution in [3.63, 3.8) is 0 Å². The fourth-order valence-corrected chi connectivity index (χ4v) is 4.03. The van der Waals surface area contributed by atoms with Gasteiger partial charge in [-0.05, 0) is 55.5 Å². The molecule has 0 amide bonds. The van der Waals surface area contributed by atoms with E-state index in [2.05, 4.69) is 11.4 Å². The second kappa shape index (κ2) is 5.73. The number of aliphatic hydroxyl groups is 1. The molecule has 4 rings (SSSR count). The van der Waals surface area contributed by atoms with E-state index in [1.165, 1.54) is 11.1 Å². The van der Waals surface area contributed by atoms with Crippen molar-refractivity contribution in [2.45, 2.75) is 43.9 Å². The molecule has 5 nitrogen and oxygen atoms in total. The van der Waals surface area contributed by atoms with E-state index in [-0.39, 0.29) is 18.2 Å². The predicted molar refractivity (Wildman–Crippen MR) is 86.7 cm³/mol. The topological polar surface area (TPSA) is 60.0 Å². The van der Waals surface area contributed by atoms with Gasteiger partial charge in [-0.2, -0.15) is 0 Å². The molecule has 0 fully saturated rings. The van der Waals surface area contributed by atoms with Crippen LogP contribution in [0.5, 0.6) is 11.5 Å². The zero-order chi connectivity index (χ0) is 16.0. The van der Waals surface area contributed by atoms with Crippen LogP contribution in [-0.2, 0) is 11.2 Å². The number of fused-ring (bicyclic) bond motifs is 4. The van der Waals surface area contributed by atoms with E-state index in [1.807, 2.05) is 6.08 Å². The molecule has 124 valence electrons. The van der Waals surface area contributed by atoms with Crippen LogP contribution in [0.3, 0.4) is 0 Å². The molecule has 1 aromatic rings. The Hall–Kier alpha value is -1.72. The van der Waals surface area contributed by atoms with Gasteiger partial charge in [0.1, 0.15) is 11.9 Å². The number of nitrogens with one attached hydrogen (secondary N) is 1. The van der Waals surface area contributed by atoms with Crippen LogP contribution >= 0.6 is 0 Å². The second-order valence-electron chi connectivity index (χ2n) is 6.43. The summed E-state index contributed by atoms with van der Waals surface area (Å²) in [5.41, 5.74) is 3.58. The van der Waals surface area contributed by atoms with Gasteiger partial charge in [0.25, 0.3) is 0 Å². The van der Waals surface area contributed by atoms with Crippen LogP contribution in [0.25, 0.3) is 5.76 Å². The number of methoxy groups -OCH3 is 2. The summed E-state index contributed by atoms with van der Waals surface area (Å²) < 4.78 is 17.5. The van der Waals surface area contributed by atoms with E-state index in [4.69, 9.17) is 14.2 Å². The maximum atomic E-state index is 10.1. The first kappa shape index (κ1) is 14.8. The van der Waals surface area contributed by atoms with Gasteiger partial charge in [-0.25, -0.2) is 0 Å². The zero-order valence-corrected chi connectivity index (χ0v) is 13.6. The Morgan fingerprint density at radius 3 is 2.91 bits per heavy atom. The van der Waals surface area contributed by atoms with E-state index in [0.29, 0.717) is 6.42 Å². The monoisotopic (exact) mass is 317 g/mol. The Bertz CT molecular complexity index is 655. The highest BCUT2D eigenvalue weighted by Gasteiger charge is 2.40. The minimum atomic E-state index is -0.308. The van der Waals surface area contributed by atoms with Gasteiger partial charge in [0.2, 0.25) is 0 Å². The van der Waals surface area contributed by atoms with Crippen LogP contribution in [0, 0.1) is 0 Å². The smallest absolute Gasteiger partial charge is 0.172 e. The van der Waals surface area contributed by atoms with Crippen molar-refractivity contribution < 1.29 is 19.3 Å². The van der Waals surface area contributed by atoms with Crippen molar-refractivity contribution in [1.29, 1.82) is 0 Å². The van der Waals surface area contributed by atoms with Gasteiger partial charge in [0, 0.05) is 0 Å². The third-order valence-electron chi connectivity index (χ3n) is 5.12. The number of benzene rings is 1. The minimum absolute atomic E-state index is 0.0563. The maximum Gasteiger partial charge on any atom is 0.172 e. The Kier molecular flexibility index (Phi) is 3.70. The van der Waals surface area contributed by atoms with Gasteiger partial charge >= 0.3 is 0 Å². The third-order valence-corrected chi connectivity index (χ3v) is 5.12. The largest absolute Gasteiger partial charge is 0.493 e. The van der Waals surface area contributed by atoms with Crippen LogP contribution in [0.15, 0.2) is 12.1 Å². The highest BCUT2D eigenvalue weighted by atomic mass is 16.5. The lowest BCUT2D eigenvalue weighted by Crippen LogP contribution is -2.43. The second-order valence-corrected chi connectivity index (χ2v) is 6.43. The fourth-order valence-electron chi connectivity index (χ4n) is 4.03. The number of hydrogen-bond donors (Lipinski definition) is 2. The van der Waals surface area contributed by atoms with Crippen molar-refractivity contribution >= 4 is 5.76 Å². The summed E-state index contributed by atoms with van der Waals surface area (Å²) >= 11 is 0. The molecule has 0 spiro atoms. The molecule has 2 N–H and O–H groups in total. The minimum Gasteiger partial charge on any atom is -0.493 e. The SMILES string of the molecule is COc1cc2c3c(c1OC)/C1=C/C[C@H](O)CC[C@@H](O1)[C@@H]3NCC2. The van der Waals surface area contributed by atoms with E-state index in [9.17, 15) is 5.11 Å². The maximum absolute atomic E-state index is 10.1. The van der Waals surface area contributed by atoms with Crippen molar-refractivity contribution in [3.05, 3.63) is 28.8 Å². The summed E-state index contributed by atoms with van der Waals surface area (Å²) in [6, 6.07) is 2.25. The molecule has 23 heavy (non-hydrogen) atoms. The summed E-state index contributed by atoms with van der Waals surface area (Å²) in [6.07, 6.45) is 4.95. The Morgan fingerprint density at radius 1 is 1.26 bits per heavy atom. The highest BCUT2D eigenvalue weighted by Crippen LogP contribution is 2.49. The zero-order valence-electron chi connectivity index (χ0n) is 13.6. The average Bonchev–Trinajstić information content (AvgIpc) is 2.57. The molecule has 0 aromatic heterocycles. The van der Waals surface area contributed by atoms with Gasteiger partial charge in [0.15, 0.2) is 11.5 Å². The first-order valence-corrected chi connectivity index (χ1v) is 8.29. The molecule has 3 heterocycles. The van der Waals surface area contributed by atoms with Crippen LogP contribution < -0.4 is 14.8 Å². The van der Waals surface area contributed by atoms with Crippen LogP contribution in [0.2, 0.25) is 0 Å². The molecule has 0 saturated carbocycles. The molecule has 3 atom stereocenters. The molecule has 3 aliphatic heterocycles. The van der Waals surface area contributed by atoms with Crippen LogP contribution in [0.1, 0.15) is 42.0 Å². The van der Waals surface area contributed by atoms with Crippen molar-refractivity contribution in [3.8, 4) is 11.5 Å². The van der Waals surface area contributed by atoms with Crippen molar-refractivity contribution in [1.82, 2.24) is 5.32 Å². The normalized spacial score (nSPS) is 30.9. The number of rotatable bonds is 2. The van der Waals surface area contributed by atoms with Gasteiger partial charge in [-0.1, -0.05) is 0 Å². The Labute approximate surface area is 136 Å². The summed E-state index contributed by atoms with van der Waals surface area (Å²) in [5, 5.41) is 13.7. The first-order chi connectivity index (χ1) is 11.2. The summed E-state index contributed by atoms with van der Waals surface area (Å²) in [5.74, 6) is 2.29. The van der Waals surface area contributed by atoms with Gasteiger partial charge in [-0.15, -0.1) is 0 Å². The van der Waals surface area contributed by atoms with E-state index in [0.717, 1.165) is 48.6 Å². The van der Waals surface area contributed by atoms with Crippen molar-refractivity contribution in [2.24, 2.45) is 0 Å². The lowest BCUT2D eigenvalue weighted by Gasteiger charge is -2.42. The van der Waals surface area contributed by atoms with Crippen LogP contribution in [-0.4, -0.2) is 38.1 Å². The predicted octanol–water partition coefficient (Wildman–Crippen LogP) is 2.18. The molecule has 0 saturated heterocycles. The Balaban J connectivity index is 1.97. The number of aliphatic hydroxyl groups excluding tert-OH is 1. The molecule has 0 radical (unpaired) electrons. The average molecular weight is 317 g/mol. The lowest BCUT2D eigenvalue weighted by atomic mass is 9.81. The fraction of sp³-hybridized carbons (Fsp3) is 0.556. The van der Waals surface area contributed by atoms with Crippen molar-refractivity contribution in [2.75, 3.05) is 20.8 Å². The molecular weight excluding hydrogens is 294 g/mol. The van der Waals surface area contributed by atoms with E-state index < -0.39 is 0 Å². The van der Waals surface area contributed by atoms with Gasteiger partial charge in [-0.3, -0.25) is 0 Å². The molecule has 2 bridgehead atoms. The number of ether oxygens (including phenoxy) is 3. The Morgan fingerprint density at radius 2 is 2.13 bits per heavy atom. The number of hydrogen-bond acceptors (Lipinski definition) is 5. The highest BCUT2D eigenvalue weighted by molar-refractivity contribution is 5.76. The molecule has 0 aliphatic carbocycles.